The van der Waals surface area contributed by atoms with Crippen LogP contribution in [0.1, 0.15) is 18.4 Å². The first-order valence-electron chi connectivity index (χ1n) is 12.5. The number of fused-ring (bicyclic) bond motifs is 1. The number of likely N-dealkylation sites (tertiary alicyclic amines) is 1. The molecule has 39 heavy (non-hydrogen) atoms. The highest BCUT2D eigenvalue weighted by atomic mass is 35.5. The van der Waals surface area contributed by atoms with E-state index >= 15 is 0 Å². The van der Waals surface area contributed by atoms with Gasteiger partial charge in [0.2, 0.25) is 0 Å². The van der Waals surface area contributed by atoms with Crippen LogP contribution in [0.3, 0.4) is 0 Å². The molecule has 3 aromatic heterocycles. The van der Waals surface area contributed by atoms with Crippen molar-refractivity contribution in [3.63, 3.8) is 0 Å². The van der Waals surface area contributed by atoms with Crippen molar-refractivity contribution in [2.45, 2.75) is 31.5 Å². The Morgan fingerprint density at radius 2 is 1.82 bits per heavy atom. The molecule has 1 saturated heterocycles. The van der Waals surface area contributed by atoms with Gasteiger partial charge in [-0.05, 0) is 66.4 Å². The highest BCUT2D eigenvalue weighted by Gasteiger charge is 2.33. The van der Waals surface area contributed by atoms with Gasteiger partial charge < -0.3 is 5.11 Å². The quantitative estimate of drug-likeness (QED) is 0.274. The van der Waals surface area contributed by atoms with Gasteiger partial charge in [0.1, 0.15) is 17.5 Å². The van der Waals surface area contributed by atoms with Crippen LogP contribution in [0.25, 0.3) is 27.2 Å². The Morgan fingerprint density at radius 3 is 2.51 bits per heavy atom. The monoisotopic (exact) mass is 583 g/mol. The Morgan fingerprint density at radius 1 is 1.05 bits per heavy atom. The zero-order valence-electron chi connectivity index (χ0n) is 20.7. The van der Waals surface area contributed by atoms with Crippen LogP contribution in [-0.4, -0.2) is 48.0 Å². The zero-order chi connectivity index (χ0) is 27.1. The number of aromatic nitrogens is 4. The van der Waals surface area contributed by atoms with Crippen molar-refractivity contribution in [1.82, 2.24) is 24.2 Å². The molecule has 2 aromatic carbocycles. The second-order valence-electron chi connectivity index (χ2n) is 9.86. The van der Waals surface area contributed by atoms with E-state index in [1.54, 1.807) is 12.1 Å². The smallest absolute Gasteiger partial charge is 0.264 e. The summed E-state index contributed by atoms with van der Waals surface area (Å²) >= 11 is 14.2. The summed E-state index contributed by atoms with van der Waals surface area (Å²) in [7, 11) is 0. The van der Waals surface area contributed by atoms with Crippen LogP contribution < -0.4 is 5.56 Å². The predicted octanol–water partition coefficient (Wildman–Crippen LogP) is 5.78. The lowest BCUT2D eigenvalue weighted by Gasteiger charge is -2.38. The molecule has 4 heterocycles. The largest absolute Gasteiger partial charge is 0.388 e. The van der Waals surface area contributed by atoms with Gasteiger partial charge in [-0.25, -0.2) is 14.1 Å². The zero-order valence-corrected chi connectivity index (χ0v) is 23.1. The molecule has 5 aromatic rings. The summed E-state index contributed by atoms with van der Waals surface area (Å²) in [4.78, 5) is 20.9. The summed E-state index contributed by atoms with van der Waals surface area (Å²) in [6.45, 7) is 2.16. The molecular weight excluding hydrogens is 560 g/mol. The van der Waals surface area contributed by atoms with Crippen LogP contribution in [0, 0.1) is 5.82 Å². The third kappa shape index (κ3) is 5.37. The summed E-state index contributed by atoms with van der Waals surface area (Å²) in [5.41, 5.74) is 1.74. The minimum absolute atomic E-state index is 0.142. The minimum Gasteiger partial charge on any atom is -0.388 e. The fourth-order valence-electron chi connectivity index (χ4n) is 4.97. The number of benzene rings is 2. The van der Waals surface area contributed by atoms with E-state index in [1.165, 1.54) is 45.2 Å². The van der Waals surface area contributed by atoms with E-state index in [0.29, 0.717) is 54.2 Å². The van der Waals surface area contributed by atoms with E-state index in [-0.39, 0.29) is 17.9 Å². The molecule has 0 spiro atoms. The average molecular weight is 585 g/mol. The standard InChI is InChI=1S/C28H24Cl2FN5O2S/c29-23-13-18(24-7-8-25(30)39-24)1-2-19(23)15-34-11-9-28(38,10-12-34)16-35-17-32-26-22(27(35)37)14-33-36(26)21-5-3-20(31)4-6-21/h1-8,13-14,17,38H,9-12,15-16H2. The molecule has 0 unspecified atom stereocenters. The van der Waals surface area contributed by atoms with Crippen LogP contribution >= 0.6 is 34.5 Å². The van der Waals surface area contributed by atoms with E-state index in [9.17, 15) is 14.3 Å². The lowest BCUT2D eigenvalue weighted by Crippen LogP contribution is -2.47. The molecule has 7 nitrogen and oxygen atoms in total. The Labute approximate surface area is 237 Å². The van der Waals surface area contributed by atoms with E-state index in [0.717, 1.165) is 20.3 Å². The molecule has 0 atom stereocenters. The SMILES string of the molecule is O=c1c2cnn(-c3ccc(F)cc3)c2ncn1CC1(O)CCN(Cc2ccc(-c3ccc(Cl)s3)cc2Cl)CC1. The second kappa shape index (κ2) is 10.5. The highest BCUT2D eigenvalue weighted by Crippen LogP contribution is 2.34. The first-order chi connectivity index (χ1) is 18.8. The minimum atomic E-state index is -1.03. The number of hydrogen-bond donors (Lipinski definition) is 1. The van der Waals surface area contributed by atoms with Crippen LogP contribution in [0.4, 0.5) is 4.39 Å². The van der Waals surface area contributed by atoms with Gasteiger partial charge in [-0.1, -0.05) is 35.3 Å². The maximum atomic E-state index is 13.3. The molecule has 1 N–H and O–H groups in total. The number of aliphatic hydroxyl groups is 1. The summed E-state index contributed by atoms with van der Waals surface area (Å²) < 4.78 is 17.0. The fraction of sp³-hybridized carbons (Fsp3) is 0.250. The third-order valence-corrected chi connectivity index (χ3v) is 8.81. The van der Waals surface area contributed by atoms with Crippen molar-refractivity contribution in [1.29, 1.82) is 0 Å². The number of nitrogens with zero attached hydrogens (tertiary/aromatic N) is 5. The summed E-state index contributed by atoms with van der Waals surface area (Å²) in [5.74, 6) is -0.356. The fourth-order valence-corrected chi connectivity index (χ4v) is 6.25. The van der Waals surface area contributed by atoms with E-state index in [2.05, 4.69) is 21.0 Å². The summed E-state index contributed by atoms with van der Waals surface area (Å²) in [5, 5.41) is 16.6. The molecule has 0 aliphatic carbocycles. The van der Waals surface area contributed by atoms with Crippen LogP contribution in [0.2, 0.25) is 9.36 Å². The molecule has 1 aliphatic heterocycles. The Kier molecular flexibility index (Phi) is 7.03. The predicted molar refractivity (Wildman–Crippen MR) is 152 cm³/mol. The average Bonchev–Trinajstić information content (AvgIpc) is 3.56. The van der Waals surface area contributed by atoms with Crippen molar-refractivity contribution in [2.24, 2.45) is 0 Å². The molecule has 0 radical (unpaired) electrons. The molecule has 6 rings (SSSR count). The second-order valence-corrected chi connectivity index (χ2v) is 12.0. The third-order valence-electron chi connectivity index (χ3n) is 7.18. The topological polar surface area (TPSA) is 76.2 Å². The Bertz CT molecular complexity index is 1710. The summed E-state index contributed by atoms with van der Waals surface area (Å²) in [6.07, 6.45) is 3.92. The van der Waals surface area contributed by atoms with Crippen molar-refractivity contribution >= 4 is 45.6 Å². The molecule has 200 valence electrons. The van der Waals surface area contributed by atoms with Crippen LogP contribution in [-0.2, 0) is 13.1 Å². The van der Waals surface area contributed by atoms with Crippen molar-refractivity contribution in [2.75, 3.05) is 13.1 Å². The van der Waals surface area contributed by atoms with Gasteiger partial charge in [-0.2, -0.15) is 5.10 Å². The van der Waals surface area contributed by atoms with Gasteiger partial charge in [0, 0.05) is 29.5 Å². The number of halogens is 3. The van der Waals surface area contributed by atoms with E-state index in [4.69, 9.17) is 23.2 Å². The normalized spacial score (nSPS) is 15.7. The molecule has 11 heteroatoms. The number of rotatable bonds is 6. The Hall–Kier alpha value is -3.08. The van der Waals surface area contributed by atoms with Crippen molar-refractivity contribution in [3.05, 3.63) is 98.2 Å². The summed E-state index contributed by atoms with van der Waals surface area (Å²) in [6, 6.07) is 15.7. The molecule has 1 aliphatic rings. The first kappa shape index (κ1) is 26.2. The lowest BCUT2D eigenvalue weighted by molar-refractivity contribution is -0.0364. The molecule has 1 fully saturated rings. The Balaban J connectivity index is 1.12. The number of thiophene rings is 1. The van der Waals surface area contributed by atoms with Crippen molar-refractivity contribution in [3.8, 4) is 16.1 Å². The van der Waals surface area contributed by atoms with Gasteiger partial charge in [0.25, 0.3) is 5.56 Å². The highest BCUT2D eigenvalue weighted by molar-refractivity contribution is 7.19. The van der Waals surface area contributed by atoms with E-state index in [1.807, 2.05) is 24.3 Å². The van der Waals surface area contributed by atoms with Gasteiger partial charge >= 0.3 is 0 Å². The number of hydrogen-bond acceptors (Lipinski definition) is 6. The van der Waals surface area contributed by atoms with Crippen molar-refractivity contribution < 1.29 is 9.50 Å². The molecule has 0 saturated carbocycles. The molecule has 0 bridgehead atoms. The first-order valence-corrected chi connectivity index (χ1v) is 14.0. The lowest BCUT2D eigenvalue weighted by atomic mass is 9.91. The van der Waals surface area contributed by atoms with Gasteiger partial charge in [-0.3, -0.25) is 14.3 Å². The number of piperidine rings is 1. The molecular formula is C28H24Cl2FN5O2S. The van der Waals surface area contributed by atoms with Gasteiger partial charge in [0.15, 0.2) is 5.65 Å². The van der Waals surface area contributed by atoms with Gasteiger partial charge in [-0.15, -0.1) is 11.3 Å². The van der Waals surface area contributed by atoms with Gasteiger partial charge in [0.05, 0.1) is 28.4 Å². The maximum Gasteiger partial charge on any atom is 0.264 e. The molecule has 0 amide bonds. The van der Waals surface area contributed by atoms with Crippen LogP contribution in [0.15, 0.2) is 71.9 Å². The van der Waals surface area contributed by atoms with Crippen LogP contribution in [0.5, 0.6) is 0 Å². The maximum absolute atomic E-state index is 13.3. The van der Waals surface area contributed by atoms with E-state index < -0.39 is 5.60 Å².